The zero-order chi connectivity index (χ0) is 8.81. The quantitative estimate of drug-likeness (QED) is 0.692. The lowest BCUT2D eigenvalue weighted by Gasteiger charge is -1.97. The van der Waals surface area contributed by atoms with E-state index in [9.17, 15) is 5.11 Å². The first-order valence-corrected chi connectivity index (χ1v) is 3.83. The summed E-state index contributed by atoms with van der Waals surface area (Å²) in [6.07, 6.45) is 6.80. The minimum atomic E-state index is -0.465. The minimum Gasteiger partial charge on any atom is -0.465 e. The normalized spacial score (nSPS) is 13.4. The van der Waals surface area contributed by atoms with Gasteiger partial charge in [0.2, 0.25) is 0 Å². The van der Waals surface area contributed by atoms with Crippen molar-refractivity contribution < 1.29 is 9.52 Å². The van der Waals surface area contributed by atoms with Crippen LogP contribution >= 0.6 is 0 Å². The summed E-state index contributed by atoms with van der Waals surface area (Å²) in [6.45, 7) is 3.53. The Morgan fingerprint density at radius 1 is 1.67 bits per heavy atom. The van der Waals surface area contributed by atoms with Crippen LogP contribution in [-0.2, 0) is 0 Å². The summed E-state index contributed by atoms with van der Waals surface area (Å²) in [5.41, 5.74) is 0. The van der Waals surface area contributed by atoms with Gasteiger partial charge in [-0.2, -0.15) is 0 Å². The maximum atomic E-state index is 9.25. The van der Waals surface area contributed by atoms with Crippen molar-refractivity contribution in [2.45, 2.75) is 12.5 Å². The molecule has 0 unspecified atom stereocenters. The third-order valence-corrected chi connectivity index (χ3v) is 1.43. The van der Waals surface area contributed by atoms with Crippen LogP contribution in [0.3, 0.4) is 0 Å². The van der Waals surface area contributed by atoms with Crippen LogP contribution in [0.4, 0.5) is 0 Å². The van der Waals surface area contributed by atoms with Crippen molar-refractivity contribution >= 4 is 6.08 Å². The number of furan rings is 1. The lowest BCUT2D eigenvalue weighted by Crippen LogP contribution is -1.98. The highest BCUT2D eigenvalue weighted by atomic mass is 16.3. The van der Waals surface area contributed by atoms with Crippen molar-refractivity contribution in [2.75, 3.05) is 0 Å². The molecule has 1 N–H and O–H groups in total. The molecule has 0 aromatic carbocycles. The van der Waals surface area contributed by atoms with Crippen LogP contribution < -0.4 is 0 Å². The smallest absolute Gasteiger partial charge is 0.126 e. The lowest BCUT2D eigenvalue weighted by molar-refractivity contribution is 0.228. The van der Waals surface area contributed by atoms with Gasteiger partial charge in [-0.3, -0.25) is 0 Å². The summed E-state index contributed by atoms with van der Waals surface area (Å²) in [7, 11) is 0. The molecule has 0 amide bonds. The van der Waals surface area contributed by atoms with E-state index in [1.807, 2.05) is 6.07 Å². The van der Waals surface area contributed by atoms with E-state index in [0.29, 0.717) is 6.42 Å². The fraction of sp³-hybridized carbons (Fsp3) is 0.200. The van der Waals surface area contributed by atoms with Crippen LogP contribution in [0.25, 0.3) is 6.08 Å². The SMILES string of the molecule is C=CC[C@H](O)/C=C/c1ccco1. The van der Waals surface area contributed by atoms with E-state index in [4.69, 9.17) is 4.42 Å². The fourth-order valence-corrected chi connectivity index (χ4v) is 0.841. The molecule has 0 aliphatic carbocycles. The summed E-state index contributed by atoms with van der Waals surface area (Å²) in [5.74, 6) is 0.748. The van der Waals surface area contributed by atoms with Gasteiger partial charge in [0, 0.05) is 0 Å². The molecular formula is C10H12O2. The van der Waals surface area contributed by atoms with E-state index >= 15 is 0 Å². The maximum absolute atomic E-state index is 9.25. The molecule has 2 heteroatoms. The molecule has 1 aromatic heterocycles. The zero-order valence-electron chi connectivity index (χ0n) is 6.81. The summed E-state index contributed by atoms with van der Waals surface area (Å²) >= 11 is 0. The summed E-state index contributed by atoms with van der Waals surface area (Å²) in [4.78, 5) is 0. The van der Waals surface area contributed by atoms with Crippen LogP contribution in [-0.4, -0.2) is 11.2 Å². The molecule has 0 fully saturated rings. The van der Waals surface area contributed by atoms with Gasteiger partial charge in [0.25, 0.3) is 0 Å². The Kier molecular flexibility index (Phi) is 3.35. The van der Waals surface area contributed by atoms with E-state index in [1.165, 1.54) is 0 Å². The number of aliphatic hydroxyl groups is 1. The molecule has 0 bridgehead atoms. The first-order valence-electron chi connectivity index (χ1n) is 3.83. The van der Waals surface area contributed by atoms with Gasteiger partial charge in [-0.15, -0.1) is 6.58 Å². The fourth-order valence-electron chi connectivity index (χ4n) is 0.841. The number of hydrogen-bond donors (Lipinski definition) is 1. The Morgan fingerprint density at radius 2 is 2.50 bits per heavy atom. The second-order valence-corrected chi connectivity index (χ2v) is 2.47. The van der Waals surface area contributed by atoms with Gasteiger partial charge in [0.1, 0.15) is 5.76 Å². The molecule has 0 aliphatic heterocycles. The van der Waals surface area contributed by atoms with Gasteiger partial charge >= 0.3 is 0 Å². The highest BCUT2D eigenvalue weighted by molar-refractivity contribution is 5.42. The molecule has 0 saturated carbocycles. The molecule has 1 atom stereocenters. The Balaban J connectivity index is 2.44. The molecule has 1 heterocycles. The number of hydrogen-bond acceptors (Lipinski definition) is 2. The minimum absolute atomic E-state index is 0.465. The van der Waals surface area contributed by atoms with Gasteiger partial charge in [-0.1, -0.05) is 12.2 Å². The Bertz CT molecular complexity index is 247. The van der Waals surface area contributed by atoms with Crippen LogP contribution in [0.15, 0.2) is 41.5 Å². The average Bonchev–Trinajstić information content (AvgIpc) is 2.53. The molecule has 0 aliphatic rings. The molecular weight excluding hydrogens is 152 g/mol. The topological polar surface area (TPSA) is 33.4 Å². The van der Waals surface area contributed by atoms with Crippen LogP contribution in [0.1, 0.15) is 12.2 Å². The molecule has 2 nitrogen and oxygen atoms in total. The number of aliphatic hydroxyl groups excluding tert-OH is 1. The van der Waals surface area contributed by atoms with Gasteiger partial charge in [0.15, 0.2) is 0 Å². The highest BCUT2D eigenvalue weighted by Crippen LogP contribution is 2.04. The molecule has 0 spiro atoms. The summed E-state index contributed by atoms with van der Waals surface area (Å²) in [5, 5.41) is 9.25. The monoisotopic (exact) mass is 164 g/mol. The molecule has 12 heavy (non-hydrogen) atoms. The predicted molar refractivity (Wildman–Crippen MR) is 48.6 cm³/mol. The second kappa shape index (κ2) is 4.57. The molecule has 1 aromatic rings. The van der Waals surface area contributed by atoms with E-state index in [1.54, 1.807) is 30.6 Å². The van der Waals surface area contributed by atoms with Crippen molar-refractivity contribution in [3.05, 3.63) is 42.9 Å². The zero-order valence-corrected chi connectivity index (χ0v) is 6.81. The van der Waals surface area contributed by atoms with Crippen molar-refractivity contribution in [3.63, 3.8) is 0 Å². The van der Waals surface area contributed by atoms with Crippen LogP contribution in [0.5, 0.6) is 0 Å². The van der Waals surface area contributed by atoms with E-state index < -0.39 is 6.10 Å². The molecule has 64 valence electrons. The average molecular weight is 164 g/mol. The Hall–Kier alpha value is -1.28. The summed E-state index contributed by atoms with van der Waals surface area (Å²) < 4.78 is 5.04. The molecule has 0 radical (unpaired) electrons. The van der Waals surface area contributed by atoms with Gasteiger partial charge in [-0.05, 0) is 24.6 Å². The predicted octanol–water partition coefficient (Wildman–Crippen LogP) is 2.23. The summed E-state index contributed by atoms with van der Waals surface area (Å²) in [6, 6.07) is 3.64. The standard InChI is InChI=1S/C10H12O2/c1-2-4-9(11)6-7-10-5-3-8-12-10/h2-3,5-9,11H,1,4H2/b7-6+/t9-/m0/s1. The van der Waals surface area contributed by atoms with E-state index in [2.05, 4.69) is 6.58 Å². The number of rotatable bonds is 4. The molecule has 0 saturated heterocycles. The Labute approximate surface area is 71.8 Å². The second-order valence-electron chi connectivity index (χ2n) is 2.47. The molecule has 1 rings (SSSR count). The Morgan fingerprint density at radius 3 is 3.08 bits per heavy atom. The highest BCUT2D eigenvalue weighted by Gasteiger charge is 1.94. The van der Waals surface area contributed by atoms with Crippen molar-refractivity contribution in [3.8, 4) is 0 Å². The van der Waals surface area contributed by atoms with Crippen LogP contribution in [0.2, 0.25) is 0 Å². The van der Waals surface area contributed by atoms with E-state index in [-0.39, 0.29) is 0 Å². The largest absolute Gasteiger partial charge is 0.465 e. The van der Waals surface area contributed by atoms with Crippen molar-refractivity contribution in [1.82, 2.24) is 0 Å². The first-order chi connectivity index (χ1) is 5.83. The third-order valence-electron chi connectivity index (χ3n) is 1.43. The third kappa shape index (κ3) is 2.76. The van der Waals surface area contributed by atoms with Crippen molar-refractivity contribution in [2.24, 2.45) is 0 Å². The first kappa shape index (κ1) is 8.81. The van der Waals surface area contributed by atoms with Crippen LogP contribution in [0, 0.1) is 0 Å². The van der Waals surface area contributed by atoms with Gasteiger partial charge in [0.05, 0.1) is 12.4 Å². The van der Waals surface area contributed by atoms with E-state index in [0.717, 1.165) is 5.76 Å². The van der Waals surface area contributed by atoms with Gasteiger partial charge < -0.3 is 9.52 Å². The lowest BCUT2D eigenvalue weighted by atomic mass is 10.2. The maximum Gasteiger partial charge on any atom is 0.126 e. The van der Waals surface area contributed by atoms with Crippen molar-refractivity contribution in [1.29, 1.82) is 0 Å². The van der Waals surface area contributed by atoms with Gasteiger partial charge in [-0.25, -0.2) is 0 Å².